The molecule has 0 aliphatic heterocycles. The van der Waals surface area contributed by atoms with Gasteiger partial charge in [-0.2, -0.15) is 0 Å². The fourth-order valence-electron chi connectivity index (χ4n) is 1.07. The van der Waals surface area contributed by atoms with Crippen molar-refractivity contribution in [2.45, 2.75) is 0 Å². The summed E-state index contributed by atoms with van der Waals surface area (Å²) in [6.45, 7) is 3.73. The van der Waals surface area contributed by atoms with E-state index in [-0.39, 0.29) is 0 Å². The molecule has 0 saturated heterocycles. The van der Waals surface area contributed by atoms with Crippen molar-refractivity contribution in [1.82, 2.24) is 4.98 Å². The van der Waals surface area contributed by atoms with Crippen LogP contribution in [-0.2, 0) is 0 Å². The van der Waals surface area contributed by atoms with E-state index in [9.17, 15) is 0 Å². The summed E-state index contributed by atoms with van der Waals surface area (Å²) < 4.78 is 1.22. The van der Waals surface area contributed by atoms with Crippen LogP contribution in [0.3, 0.4) is 0 Å². The molecule has 1 heterocycles. The Labute approximate surface area is 69.0 Å². The van der Waals surface area contributed by atoms with E-state index >= 15 is 0 Å². The maximum absolute atomic E-state index is 4.24. The molecule has 1 aromatic carbocycles. The maximum atomic E-state index is 4.24. The first kappa shape index (κ1) is 6.55. The van der Waals surface area contributed by atoms with Crippen LogP contribution in [0.25, 0.3) is 16.3 Å². The number of para-hydroxylation sites is 1. The first-order valence-corrected chi connectivity index (χ1v) is 4.24. The van der Waals surface area contributed by atoms with Crippen molar-refractivity contribution in [2.75, 3.05) is 0 Å². The van der Waals surface area contributed by atoms with Gasteiger partial charge in [-0.15, -0.1) is 11.3 Å². The standard InChI is InChI=1S/C9H7NS/c1-2-7-4-3-5-8-9(7)10-6-11-8/h2-6H,1H2. The van der Waals surface area contributed by atoms with Crippen LogP contribution in [0.2, 0.25) is 0 Å². The van der Waals surface area contributed by atoms with Crippen LogP contribution in [0.15, 0.2) is 30.3 Å². The van der Waals surface area contributed by atoms with Gasteiger partial charge in [0, 0.05) is 5.56 Å². The average molecular weight is 161 g/mol. The number of thiazole rings is 1. The summed E-state index contributed by atoms with van der Waals surface area (Å²) in [5.41, 5.74) is 4.04. The number of hydrogen-bond acceptors (Lipinski definition) is 2. The van der Waals surface area contributed by atoms with Gasteiger partial charge < -0.3 is 0 Å². The lowest BCUT2D eigenvalue weighted by atomic mass is 10.2. The number of rotatable bonds is 1. The summed E-state index contributed by atoms with van der Waals surface area (Å²) in [6, 6.07) is 6.12. The average Bonchev–Trinajstić information content (AvgIpc) is 2.50. The van der Waals surface area contributed by atoms with E-state index in [1.807, 2.05) is 23.7 Å². The Balaban J connectivity index is 2.88. The van der Waals surface area contributed by atoms with Gasteiger partial charge in [0.25, 0.3) is 0 Å². The summed E-state index contributed by atoms with van der Waals surface area (Å²) in [5, 5.41) is 0. The highest BCUT2D eigenvalue weighted by atomic mass is 32.1. The van der Waals surface area contributed by atoms with E-state index in [1.165, 1.54) is 4.70 Å². The van der Waals surface area contributed by atoms with E-state index in [1.54, 1.807) is 11.3 Å². The summed E-state index contributed by atoms with van der Waals surface area (Å²) in [7, 11) is 0. The number of hydrogen-bond donors (Lipinski definition) is 0. The number of benzene rings is 1. The van der Waals surface area contributed by atoms with Crippen LogP contribution in [-0.4, -0.2) is 4.98 Å². The van der Waals surface area contributed by atoms with Gasteiger partial charge in [-0.1, -0.05) is 24.8 Å². The zero-order valence-electron chi connectivity index (χ0n) is 5.95. The molecule has 2 aromatic rings. The fraction of sp³-hybridized carbons (Fsp3) is 0. The van der Waals surface area contributed by atoms with Gasteiger partial charge in [0.2, 0.25) is 0 Å². The first-order valence-electron chi connectivity index (χ1n) is 3.36. The van der Waals surface area contributed by atoms with Gasteiger partial charge in [0.15, 0.2) is 0 Å². The monoisotopic (exact) mass is 161 g/mol. The van der Waals surface area contributed by atoms with Crippen molar-refractivity contribution in [3.05, 3.63) is 35.9 Å². The molecule has 0 unspecified atom stereocenters. The van der Waals surface area contributed by atoms with Crippen LogP contribution < -0.4 is 0 Å². The third-order valence-electron chi connectivity index (χ3n) is 1.61. The molecule has 0 aliphatic carbocycles. The molecule has 0 spiro atoms. The van der Waals surface area contributed by atoms with Crippen LogP contribution in [0, 0.1) is 0 Å². The molecule has 0 radical (unpaired) electrons. The van der Waals surface area contributed by atoms with Crippen molar-refractivity contribution in [3.8, 4) is 0 Å². The lowest BCUT2D eigenvalue weighted by molar-refractivity contribution is 1.49. The van der Waals surface area contributed by atoms with Crippen molar-refractivity contribution in [2.24, 2.45) is 0 Å². The zero-order valence-corrected chi connectivity index (χ0v) is 6.77. The van der Waals surface area contributed by atoms with Gasteiger partial charge in [0.05, 0.1) is 15.7 Å². The number of nitrogens with zero attached hydrogens (tertiary/aromatic N) is 1. The molecule has 2 rings (SSSR count). The van der Waals surface area contributed by atoms with E-state index in [2.05, 4.69) is 17.6 Å². The molecule has 0 N–H and O–H groups in total. The minimum atomic E-state index is 1.06. The molecule has 0 fully saturated rings. The van der Waals surface area contributed by atoms with Crippen molar-refractivity contribution in [3.63, 3.8) is 0 Å². The van der Waals surface area contributed by atoms with Gasteiger partial charge in [-0.05, 0) is 6.07 Å². The van der Waals surface area contributed by atoms with Crippen LogP contribution in [0.1, 0.15) is 5.56 Å². The smallest absolute Gasteiger partial charge is 0.0884 e. The Kier molecular flexibility index (Phi) is 1.47. The lowest BCUT2D eigenvalue weighted by Gasteiger charge is -1.91. The molecule has 0 aliphatic rings. The van der Waals surface area contributed by atoms with Crippen molar-refractivity contribution >= 4 is 27.6 Å². The quantitative estimate of drug-likeness (QED) is 0.626. The lowest BCUT2D eigenvalue weighted by Crippen LogP contribution is -1.73. The third kappa shape index (κ3) is 0.955. The fourth-order valence-corrected chi connectivity index (χ4v) is 1.78. The molecule has 1 nitrogen and oxygen atoms in total. The minimum Gasteiger partial charge on any atom is -0.244 e. The zero-order chi connectivity index (χ0) is 7.68. The second-order valence-electron chi connectivity index (χ2n) is 2.25. The Morgan fingerprint density at radius 2 is 2.36 bits per heavy atom. The summed E-state index contributed by atoms with van der Waals surface area (Å²) in [4.78, 5) is 4.24. The molecule has 2 heteroatoms. The van der Waals surface area contributed by atoms with Crippen LogP contribution in [0.5, 0.6) is 0 Å². The Morgan fingerprint density at radius 1 is 1.45 bits per heavy atom. The highest BCUT2D eigenvalue weighted by Crippen LogP contribution is 2.21. The molecule has 0 saturated carbocycles. The molecule has 1 aromatic heterocycles. The maximum Gasteiger partial charge on any atom is 0.0884 e. The van der Waals surface area contributed by atoms with E-state index in [0.29, 0.717) is 0 Å². The molecular weight excluding hydrogens is 154 g/mol. The topological polar surface area (TPSA) is 12.9 Å². The van der Waals surface area contributed by atoms with Gasteiger partial charge in [-0.3, -0.25) is 0 Å². The second-order valence-corrected chi connectivity index (χ2v) is 3.14. The number of aromatic nitrogens is 1. The van der Waals surface area contributed by atoms with Gasteiger partial charge in [-0.25, -0.2) is 4.98 Å². The normalized spacial score (nSPS) is 10.2. The molecular formula is C9H7NS. The predicted octanol–water partition coefficient (Wildman–Crippen LogP) is 2.94. The summed E-state index contributed by atoms with van der Waals surface area (Å²) >= 11 is 1.66. The molecule has 54 valence electrons. The third-order valence-corrected chi connectivity index (χ3v) is 2.41. The SMILES string of the molecule is C=Cc1cccc2scnc12. The summed E-state index contributed by atoms with van der Waals surface area (Å²) in [6.07, 6.45) is 1.84. The van der Waals surface area contributed by atoms with Crippen molar-refractivity contribution < 1.29 is 0 Å². The predicted molar refractivity (Wildman–Crippen MR) is 49.7 cm³/mol. The molecule has 11 heavy (non-hydrogen) atoms. The van der Waals surface area contributed by atoms with Gasteiger partial charge in [0.1, 0.15) is 0 Å². The molecule has 0 atom stereocenters. The molecule has 0 bridgehead atoms. The Morgan fingerprint density at radius 3 is 3.18 bits per heavy atom. The number of fused-ring (bicyclic) bond motifs is 1. The largest absolute Gasteiger partial charge is 0.244 e. The first-order chi connectivity index (χ1) is 5.42. The molecule has 0 amide bonds. The van der Waals surface area contributed by atoms with Crippen LogP contribution in [0.4, 0.5) is 0 Å². The highest BCUT2D eigenvalue weighted by molar-refractivity contribution is 7.16. The Hall–Kier alpha value is -1.15. The minimum absolute atomic E-state index is 1.06. The Bertz CT molecular complexity index is 389. The van der Waals surface area contributed by atoms with E-state index in [0.717, 1.165) is 11.1 Å². The second kappa shape index (κ2) is 2.47. The highest BCUT2D eigenvalue weighted by Gasteiger charge is 1.97. The van der Waals surface area contributed by atoms with E-state index in [4.69, 9.17) is 0 Å². The van der Waals surface area contributed by atoms with Gasteiger partial charge >= 0.3 is 0 Å². The van der Waals surface area contributed by atoms with E-state index < -0.39 is 0 Å². The van der Waals surface area contributed by atoms with Crippen molar-refractivity contribution in [1.29, 1.82) is 0 Å². The van der Waals surface area contributed by atoms with Crippen LogP contribution >= 0.6 is 11.3 Å². The summed E-state index contributed by atoms with van der Waals surface area (Å²) in [5.74, 6) is 0.